The first-order chi connectivity index (χ1) is 14.0. The maximum atomic E-state index is 10.6. The van der Waals surface area contributed by atoms with Crippen molar-refractivity contribution < 1.29 is 9.90 Å². The van der Waals surface area contributed by atoms with Crippen LogP contribution < -0.4 is 16.2 Å². The fraction of sp³-hybridized carbons (Fsp3) is 0.565. The second kappa shape index (κ2) is 10.7. The van der Waals surface area contributed by atoms with E-state index < -0.39 is 5.97 Å². The largest absolute Gasteiger partial charge is 0.481 e. The van der Waals surface area contributed by atoms with Gasteiger partial charge in [0, 0.05) is 18.2 Å². The van der Waals surface area contributed by atoms with Crippen LogP contribution in [0.5, 0.6) is 0 Å². The van der Waals surface area contributed by atoms with Gasteiger partial charge in [-0.25, -0.2) is 5.43 Å². The Hall–Kier alpha value is -1.92. The number of thiocarbonyl (C=S) groups is 1. The fourth-order valence-electron chi connectivity index (χ4n) is 5.29. The number of aliphatic carboxylic acids is 1. The molecule has 4 N–H and O–H groups in total. The zero-order chi connectivity index (χ0) is 20.6. The van der Waals surface area contributed by atoms with Gasteiger partial charge in [-0.1, -0.05) is 30.4 Å². The van der Waals surface area contributed by atoms with Gasteiger partial charge in [-0.3, -0.25) is 10.2 Å². The summed E-state index contributed by atoms with van der Waals surface area (Å²) in [5, 5.41) is 12.5. The molecule has 0 aromatic heterocycles. The van der Waals surface area contributed by atoms with Crippen molar-refractivity contribution in [3.05, 3.63) is 42.5 Å². The Kier molecular flexibility index (Phi) is 8.07. The molecule has 3 rings (SSSR count). The van der Waals surface area contributed by atoms with E-state index in [1.54, 1.807) is 0 Å². The van der Waals surface area contributed by atoms with E-state index in [-0.39, 0.29) is 6.42 Å². The van der Waals surface area contributed by atoms with Crippen molar-refractivity contribution in [1.82, 2.24) is 10.9 Å². The van der Waals surface area contributed by atoms with Gasteiger partial charge in [0.2, 0.25) is 0 Å². The number of nitrogens with one attached hydrogen (secondary N) is 3. The number of hydrogen-bond acceptors (Lipinski definition) is 3. The first kappa shape index (κ1) is 21.8. The number of rotatable bonds is 10. The van der Waals surface area contributed by atoms with Gasteiger partial charge >= 0.3 is 5.97 Å². The van der Waals surface area contributed by atoms with Gasteiger partial charge in [-0.15, -0.1) is 0 Å². The van der Waals surface area contributed by atoms with E-state index in [1.165, 1.54) is 19.3 Å². The number of allylic oxidation sites excluding steroid dienone is 2. The van der Waals surface area contributed by atoms with E-state index in [1.807, 2.05) is 30.3 Å². The van der Waals surface area contributed by atoms with Gasteiger partial charge in [-0.2, -0.15) is 0 Å². The topological polar surface area (TPSA) is 73.4 Å². The zero-order valence-electron chi connectivity index (χ0n) is 17.1. The summed E-state index contributed by atoms with van der Waals surface area (Å²) in [7, 11) is 0. The number of anilines is 1. The van der Waals surface area contributed by atoms with Gasteiger partial charge < -0.3 is 10.4 Å². The van der Waals surface area contributed by atoms with Gasteiger partial charge in [0.15, 0.2) is 5.11 Å². The monoisotopic (exact) mass is 415 g/mol. The normalized spacial score (nSPS) is 26.5. The highest BCUT2D eigenvalue weighted by atomic mass is 32.1. The lowest BCUT2D eigenvalue weighted by Crippen LogP contribution is -2.50. The molecule has 2 unspecified atom stereocenters. The summed E-state index contributed by atoms with van der Waals surface area (Å²) < 4.78 is 0. The number of hydrogen-bond donors (Lipinski definition) is 4. The van der Waals surface area contributed by atoms with Crippen LogP contribution in [-0.4, -0.2) is 22.2 Å². The van der Waals surface area contributed by atoms with Crippen molar-refractivity contribution in [2.24, 2.45) is 23.7 Å². The average molecular weight is 416 g/mol. The van der Waals surface area contributed by atoms with Gasteiger partial charge in [-0.05, 0) is 93.5 Å². The molecule has 0 spiro atoms. The minimum atomic E-state index is -0.710. The quantitative estimate of drug-likeness (QED) is 0.192. The third kappa shape index (κ3) is 6.28. The molecule has 2 saturated carbocycles. The van der Waals surface area contributed by atoms with Gasteiger partial charge in [0.05, 0.1) is 0 Å². The molecule has 0 heterocycles. The van der Waals surface area contributed by atoms with Crippen LogP contribution in [0.1, 0.15) is 51.9 Å². The molecule has 5 nitrogen and oxygen atoms in total. The molecular weight excluding hydrogens is 382 g/mol. The second-order valence-corrected chi connectivity index (χ2v) is 8.85. The SMILES string of the molecule is CC(NNC(=S)Nc1ccccc1)C1[C@@H]2CC[C@@H](C2)[C@@H]1C/C=C\CCCC(=O)O. The van der Waals surface area contributed by atoms with E-state index >= 15 is 0 Å². The maximum absolute atomic E-state index is 10.6. The summed E-state index contributed by atoms with van der Waals surface area (Å²) >= 11 is 5.42. The van der Waals surface area contributed by atoms with Crippen LogP contribution in [0.25, 0.3) is 0 Å². The number of carboxylic acids is 1. The predicted molar refractivity (Wildman–Crippen MR) is 121 cm³/mol. The maximum Gasteiger partial charge on any atom is 0.303 e. The summed E-state index contributed by atoms with van der Waals surface area (Å²) in [6.07, 6.45) is 11.4. The summed E-state index contributed by atoms with van der Waals surface area (Å²) in [6.45, 7) is 2.26. The summed E-state index contributed by atoms with van der Waals surface area (Å²) in [5.41, 5.74) is 7.60. The van der Waals surface area contributed by atoms with E-state index in [0.717, 1.165) is 36.8 Å². The predicted octanol–water partition coefficient (Wildman–Crippen LogP) is 4.73. The van der Waals surface area contributed by atoms with Crippen molar-refractivity contribution in [2.75, 3.05) is 5.32 Å². The van der Waals surface area contributed by atoms with Crippen molar-refractivity contribution in [3.63, 3.8) is 0 Å². The molecule has 1 aromatic carbocycles. The highest BCUT2D eigenvalue weighted by Crippen LogP contribution is 2.54. The van der Waals surface area contributed by atoms with Crippen LogP contribution in [0.4, 0.5) is 5.69 Å². The van der Waals surface area contributed by atoms with E-state index in [0.29, 0.717) is 23.0 Å². The Morgan fingerprint density at radius 1 is 1.24 bits per heavy atom. The van der Waals surface area contributed by atoms with Crippen molar-refractivity contribution >= 4 is 29.0 Å². The third-order valence-corrected chi connectivity index (χ3v) is 6.72. The smallest absolute Gasteiger partial charge is 0.303 e. The van der Waals surface area contributed by atoms with Crippen LogP contribution in [0, 0.1) is 23.7 Å². The molecule has 0 amide bonds. The highest BCUT2D eigenvalue weighted by Gasteiger charge is 2.48. The Morgan fingerprint density at radius 2 is 2.00 bits per heavy atom. The van der Waals surface area contributed by atoms with Gasteiger partial charge in [0.25, 0.3) is 0 Å². The van der Waals surface area contributed by atoms with Crippen molar-refractivity contribution in [1.29, 1.82) is 0 Å². The van der Waals surface area contributed by atoms with Crippen LogP contribution >= 0.6 is 12.2 Å². The fourth-order valence-corrected chi connectivity index (χ4v) is 5.46. The molecule has 5 atom stereocenters. The van der Waals surface area contributed by atoms with E-state index in [2.05, 4.69) is 35.2 Å². The minimum Gasteiger partial charge on any atom is -0.481 e. The van der Waals surface area contributed by atoms with E-state index in [4.69, 9.17) is 17.3 Å². The number of para-hydroxylation sites is 1. The Balaban J connectivity index is 1.46. The number of carboxylic acid groups (broad SMARTS) is 1. The first-order valence-corrected chi connectivity index (χ1v) is 11.2. The standard InChI is InChI=1S/C23H33N3O2S/c1-16(25-26-23(29)24-19-9-5-4-6-10-19)22-18-14-13-17(15-18)20(22)11-7-2-3-8-12-21(27)28/h2,4-7,9-10,16-18,20,22,25H,3,8,11-15H2,1H3,(H,27,28)(H2,24,26,29)/b7-2-/t16?,17-,18+,20-,22?/m0/s1. The molecule has 29 heavy (non-hydrogen) atoms. The van der Waals surface area contributed by atoms with Crippen molar-refractivity contribution in [2.45, 2.75) is 57.9 Å². The Labute approximate surface area is 179 Å². The number of unbranched alkanes of at least 4 members (excludes halogenated alkanes) is 1. The lowest BCUT2D eigenvalue weighted by atomic mass is 9.74. The Morgan fingerprint density at radius 3 is 2.76 bits per heavy atom. The molecular formula is C23H33N3O2S. The third-order valence-electron chi connectivity index (χ3n) is 6.52. The average Bonchev–Trinajstić information content (AvgIpc) is 3.31. The first-order valence-electron chi connectivity index (χ1n) is 10.8. The number of hydrazine groups is 1. The molecule has 6 heteroatoms. The molecule has 0 saturated heterocycles. The van der Waals surface area contributed by atoms with E-state index in [9.17, 15) is 4.79 Å². The molecule has 0 aliphatic heterocycles. The van der Waals surface area contributed by atoms with Crippen LogP contribution in [-0.2, 0) is 4.79 Å². The lowest BCUT2D eigenvalue weighted by Gasteiger charge is -2.35. The molecule has 2 bridgehead atoms. The minimum absolute atomic E-state index is 0.255. The van der Waals surface area contributed by atoms with Crippen LogP contribution in [0.15, 0.2) is 42.5 Å². The lowest BCUT2D eigenvalue weighted by molar-refractivity contribution is -0.137. The summed E-state index contributed by atoms with van der Waals surface area (Å²) in [4.78, 5) is 10.6. The molecule has 1 aromatic rings. The molecule has 2 aliphatic carbocycles. The Bertz CT molecular complexity index is 709. The summed E-state index contributed by atoms with van der Waals surface area (Å²) in [6, 6.07) is 10.3. The summed E-state index contributed by atoms with van der Waals surface area (Å²) in [5.74, 6) is 2.25. The second-order valence-electron chi connectivity index (χ2n) is 8.45. The number of carbonyl (C=O) groups is 1. The zero-order valence-corrected chi connectivity index (χ0v) is 18.0. The number of fused-ring (bicyclic) bond motifs is 2. The number of benzene rings is 1. The molecule has 0 radical (unpaired) electrons. The van der Waals surface area contributed by atoms with Crippen LogP contribution in [0.3, 0.4) is 0 Å². The molecule has 2 aliphatic rings. The molecule has 158 valence electrons. The van der Waals surface area contributed by atoms with Gasteiger partial charge in [0.1, 0.15) is 0 Å². The molecule has 2 fully saturated rings. The van der Waals surface area contributed by atoms with Crippen molar-refractivity contribution in [3.8, 4) is 0 Å². The highest BCUT2D eigenvalue weighted by molar-refractivity contribution is 7.80. The van der Waals surface area contributed by atoms with Crippen LogP contribution in [0.2, 0.25) is 0 Å².